The van der Waals surface area contributed by atoms with Crippen LogP contribution in [0.2, 0.25) is 0 Å². The van der Waals surface area contributed by atoms with Crippen LogP contribution in [0.5, 0.6) is 5.75 Å². The minimum absolute atomic E-state index is 0.131. The zero-order valence-electron chi connectivity index (χ0n) is 11.7. The normalized spacial score (nSPS) is 20.5. The molecule has 0 aliphatic heterocycles. The lowest BCUT2D eigenvalue weighted by Crippen LogP contribution is -2.09. The maximum absolute atomic E-state index is 6.19. The van der Waals surface area contributed by atoms with Crippen molar-refractivity contribution in [3.8, 4) is 5.75 Å². The average molecular weight is 268 g/mol. The van der Waals surface area contributed by atoms with Crippen molar-refractivity contribution >= 4 is 5.69 Å². The fourth-order valence-corrected chi connectivity index (χ4v) is 2.83. The molecule has 0 bridgehead atoms. The molecule has 0 spiro atoms. The van der Waals surface area contributed by atoms with Gasteiger partial charge in [0.05, 0.1) is 12.6 Å². The van der Waals surface area contributed by atoms with Crippen LogP contribution in [0, 0.1) is 0 Å². The highest BCUT2D eigenvalue weighted by Gasteiger charge is 2.27. The van der Waals surface area contributed by atoms with E-state index in [2.05, 4.69) is 41.7 Å². The number of hydrogen-bond acceptors (Lipinski definition) is 3. The smallest absolute Gasteiger partial charge is 0.119 e. The summed E-state index contributed by atoms with van der Waals surface area (Å²) in [6, 6.07) is 16.9. The van der Waals surface area contributed by atoms with Gasteiger partial charge in [-0.05, 0) is 48.7 Å². The molecule has 2 aromatic carbocycles. The average Bonchev–Trinajstić information content (AvgIpc) is 2.79. The number of fused-ring (bicyclic) bond motifs is 1. The Labute approximate surface area is 119 Å². The number of nitrogens with two attached hydrogens (primary N) is 1. The van der Waals surface area contributed by atoms with Gasteiger partial charge in [0.2, 0.25) is 0 Å². The van der Waals surface area contributed by atoms with Gasteiger partial charge >= 0.3 is 0 Å². The van der Waals surface area contributed by atoms with Crippen LogP contribution in [-0.4, -0.2) is 6.61 Å². The molecule has 0 radical (unpaired) electrons. The van der Waals surface area contributed by atoms with E-state index >= 15 is 0 Å². The van der Waals surface area contributed by atoms with E-state index in [4.69, 9.17) is 10.5 Å². The van der Waals surface area contributed by atoms with Crippen LogP contribution in [0.4, 0.5) is 5.69 Å². The van der Waals surface area contributed by atoms with Gasteiger partial charge in [-0.1, -0.05) is 24.3 Å². The van der Waals surface area contributed by atoms with E-state index in [0.717, 1.165) is 17.9 Å². The van der Waals surface area contributed by atoms with Crippen molar-refractivity contribution in [3.63, 3.8) is 0 Å². The molecule has 0 heterocycles. The summed E-state index contributed by atoms with van der Waals surface area (Å²) in [6.07, 6.45) is 0.937. The van der Waals surface area contributed by atoms with Crippen molar-refractivity contribution in [3.05, 3.63) is 59.7 Å². The molecular formula is C17H20N2O. The SMILES string of the molecule is CCOc1ccc(NC2CC(N)c3ccccc32)cc1. The highest BCUT2D eigenvalue weighted by molar-refractivity contribution is 5.50. The Morgan fingerprint density at radius 2 is 1.80 bits per heavy atom. The van der Waals surface area contributed by atoms with Gasteiger partial charge in [-0.25, -0.2) is 0 Å². The van der Waals surface area contributed by atoms with Crippen LogP contribution in [0.1, 0.15) is 36.6 Å². The molecule has 2 atom stereocenters. The van der Waals surface area contributed by atoms with Crippen molar-refractivity contribution in [2.24, 2.45) is 5.73 Å². The van der Waals surface area contributed by atoms with E-state index in [0.29, 0.717) is 12.6 Å². The Hall–Kier alpha value is -2.00. The second kappa shape index (κ2) is 5.55. The molecule has 3 nitrogen and oxygen atoms in total. The third-order valence-electron chi connectivity index (χ3n) is 3.77. The van der Waals surface area contributed by atoms with Crippen LogP contribution >= 0.6 is 0 Å². The van der Waals surface area contributed by atoms with Gasteiger partial charge < -0.3 is 15.8 Å². The largest absolute Gasteiger partial charge is 0.494 e. The lowest BCUT2D eigenvalue weighted by molar-refractivity contribution is 0.340. The predicted octanol–water partition coefficient (Wildman–Crippen LogP) is 3.64. The van der Waals surface area contributed by atoms with Crippen molar-refractivity contribution in [1.82, 2.24) is 0 Å². The summed E-state index contributed by atoms with van der Waals surface area (Å²) in [4.78, 5) is 0. The molecule has 3 heteroatoms. The third-order valence-corrected chi connectivity index (χ3v) is 3.77. The maximum atomic E-state index is 6.19. The van der Waals surface area contributed by atoms with Crippen molar-refractivity contribution in [2.75, 3.05) is 11.9 Å². The Morgan fingerprint density at radius 1 is 1.10 bits per heavy atom. The maximum Gasteiger partial charge on any atom is 0.119 e. The topological polar surface area (TPSA) is 47.3 Å². The number of anilines is 1. The minimum atomic E-state index is 0.131. The molecule has 1 aliphatic rings. The fraction of sp³-hybridized carbons (Fsp3) is 0.294. The van der Waals surface area contributed by atoms with Gasteiger partial charge in [0.15, 0.2) is 0 Å². The predicted molar refractivity (Wildman–Crippen MR) is 82.0 cm³/mol. The third kappa shape index (κ3) is 2.49. The lowest BCUT2D eigenvalue weighted by Gasteiger charge is -2.16. The van der Waals surface area contributed by atoms with E-state index < -0.39 is 0 Å². The van der Waals surface area contributed by atoms with Crippen molar-refractivity contribution in [1.29, 1.82) is 0 Å². The lowest BCUT2D eigenvalue weighted by atomic mass is 10.1. The Morgan fingerprint density at radius 3 is 2.50 bits per heavy atom. The summed E-state index contributed by atoms with van der Waals surface area (Å²) in [5, 5.41) is 3.56. The first-order valence-electron chi connectivity index (χ1n) is 7.11. The number of ether oxygens (including phenoxy) is 1. The van der Waals surface area contributed by atoms with Crippen LogP contribution in [0.25, 0.3) is 0 Å². The first-order valence-corrected chi connectivity index (χ1v) is 7.11. The minimum Gasteiger partial charge on any atom is -0.494 e. The van der Waals surface area contributed by atoms with E-state index in [1.54, 1.807) is 0 Å². The van der Waals surface area contributed by atoms with Gasteiger partial charge in [0.1, 0.15) is 5.75 Å². The van der Waals surface area contributed by atoms with Gasteiger partial charge in [0, 0.05) is 11.7 Å². The summed E-state index contributed by atoms with van der Waals surface area (Å²) in [5.41, 5.74) is 9.87. The fourth-order valence-electron chi connectivity index (χ4n) is 2.83. The number of rotatable bonds is 4. The van der Waals surface area contributed by atoms with Gasteiger partial charge in [-0.2, -0.15) is 0 Å². The first-order chi connectivity index (χ1) is 9.78. The molecule has 1 aliphatic carbocycles. The molecule has 0 aromatic heterocycles. The highest BCUT2D eigenvalue weighted by Crippen LogP contribution is 2.39. The molecule has 0 saturated heterocycles. The Bertz CT molecular complexity index is 580. The molecule has 20 heavy (non-hydrogen) atoms. The molecule has 3 rings (SSSR count). The monoisotopic (exact) mass is 268 g/mol. The van der Waals surface area contributed by atoms with Gasteiger partial charge in [-0.15, -0.1) is 0 Å². The summed E-state index contributed by atoms with van der Waals surface area (Å²) < 4.78 is 5.46. The van der Waals surface area contributed by atoms with Crippen LogP contribution in [0.15, 0.2) is 48.5 Å². The molecule has 0 fully saturated rings. The summed E-state index contributed by atoms with van der Waals surface area (Å²) in [6.45, 7) is 2.68. The Kier molecular flexibility index (Phi) is 3.61. The second-order valence-corrected chi connectivity index (χ2v) is 5.13. The number of nitrogens with one attached hydrogen (secondary N) is 1. The summed E-state index contributed by atoms with van der Waals surface area (Å²) in [7, 11) is 0. The molecule has 3 N–H and O–H groups in total. The van der Waals surface area contributed by atoms with E-state index in [1.807, 2.05) is 19.1 Å². The van der Waals surface area contributed by atoms with Crippen LogP contribution < -0.4 is 15.8 Å². The quantitative estimate of drug-likeness (QED) is 0.890. The molecular weight excluding hydrogens is 248 g/mol. The standard InChI is InChI=1S/C17H20N2O/c1-2-20-13-9-7-12(8-10-13)19-17-11-16(18)14-5-3-4-6-15(14)17/h3-10,16-17,19H,2,11,18H2,1H3. The van der Waals surface area contributed by atoms with Gasteiger partial charge in [-0.3, -0.25) is 0 Å². The summed E-state index contributed by atoms with van der Waals surface area (Å²) in [5.74, 6) is 0.904. The van der Waals surface area contributed by atoms with Gasteiger partial charge in [0.25, 0.3) is 0 Å². The van der Waals surface area contributed by atoms with Crippen molar-refractivity contribution < 1.29 is 4.74 Å². The van der Waals surface area contributed by atoms with E-state index in [9.17, 15) is 0 Å². The second-order valence-electron chi connectivity index (χ2n) is 5.13. The zero-order chi connectivity index (χ0) is 13.9. The molecule has 0 amide bonds. The van der Waals surface area contributed by atoms with E-state index in [-0.39, 0.29) is 6.04 Å². The van der Waals surface area contributed by atoms with Crippen LogP contribution in [0.3, 0.4) is 0 Å². The highest BCUT2D eigenvalue weighted by atomic mass is 16.5. The molecule has 2 aromatic rings. The molecule has 104 valence electrons. The number of hydrogen-bond donors (Lipinski definition) is 2. The van der Waals surface area contributed by atoms with Crippen molar-refractivity contribution in [2.45, 2.75) is 25.4 Å². The molecule has 0 saturated carbocycles. The Balaban J connectivity index is 1.76. The zero-order valence-corrected chi connectivity index (χ0v) is 11.7. The van der Waals surface area contributed by atoms with Crippen LogP contribution in [-0.2, 0) is 0 Å². The molecule has 2 unspecified atom stereocenters. The number of benzene rings is 2. The summed E-state index contributed by atoms with van der Waals surface area (Å²) >= 11 is 0. The first kappa shape index (κ1) is 13.0. The van der Waals surface area contributed by atoms with E-state index in [1.165, 1.54) is 11.1 Å².